The molecule has 1 aromatic heterocycles. The Balaban J connectivity index is 1.51. The molecule has 1 amide bonds. The number of amides is 1. The van der Waals surface area contributed by atoms with Gasteiger partial charge in [-0.05, 0) is 43.2 Å². The van der Waals surface area contributed by atoms with Crippen LogP contribution in [-0.2, 0) is 11.3 Å². The lowest BCUT2D eigenvalue weighted by Gasteiger charge is -2.32. The van der Waals surface area contributed by atoms with Crippen molar-refractivity contribution in [2.75, 3.05) is 18.0 Å². The van der Waals surface area contributed by atoms with E-state index < -0.39 is 0 Å². The van der Waals surface area contributed by atoms with Crippen LogP contribution in [0.3, 0.4) is 0 Å². The van der Waals surface area contributed by atoms with Gasteiger partial charge in [-0.15, -0.1) is 0 Å². The molecule has 26 heavy (non-hydrogen) atoms. The number of piperidine rings is 1. The average molecular weight is 417 g/mol. The summed E-state index contributed by atoms with van der Waals surface area (Å²) >= 11 is 3.31. The summed E-state index contributed by atoms with van der Waals surface area (Å²) in [5.74, 6) is 0.367. The van der Waals surface area contributed by atoms with Crippen LogP contribution in [0, 0.1) is 23.1 Å². The zero-order valence-electron chi connectivity index (χ0n) is 14.1. The van der Waals surface area contributed by atoms with Crippen LogP contribution in [0.15, 0.2) is 41.0 Å². The van der Waals surface area contributed by atoms with Gasteiger partial charge in [0, 0.05) is 41.8 Å². The zero-order chi connectivity index (χ0) is 18.5. The second-order valence-corrected chi connectivity index (χ2v) is 7.15. The Morgan fingerprint density at radius 2 is 2.12 bits per heavy atom. The van der Waals surface area contributed by atoms with Crippen LogP contribution in [0.2, 0.25) is 0 Å². The lowest BCUT2D eigenvalue weighted by molar-refractivity contribution is -0.125. The Bertz CT molecular complexity index is 826. The second-order valence-electron chi connectivity index (χ2n) is 6.23. The van der Waals surface area contributed by atoms with Crippen LogP contribution in [0.4, 0.5) is 10.2 Å². The predicted molar refractivity (Wildman–Crippen MR) is 99.8 cm³/mol. The first kappa shape index (κ1) is 18.3. The normalized spacial score (nSPS) is 14.7. The van der Waals surface area contributed by atoms with E-state index in [1.54, 1.807) is 24.4 Å². The van der Waals surface area contributed by atoms with Crippen molar-refractivity contribution in [1.29, 1.82) is 5.26 Å². The lowest BCUT2D eigenvalue weighted by Crippen LogP contribution is -2.40. The van der Waals surface area contributed by atoms with E-state index in [1.807, 2.05) is 6.07 Å². The Labute approximate surface area is 160 Å². The van der Waals surface area contributed by atoms with Gasteiger partial charge in [-0.1, -0.05) is 15.9 Å². The summed E-state index contributed by atoms with van der Waals surface area (Å²) in [4.78, 5) is 18.8. The molecule has 0 saturated carbocycles. The molecule has 7 heteroatoms. The third-order valence-electron chi connectivity index (χ3n) is 4.53. The van der Waals surface area contributed by atoms with Gasteiger partial charge >= 0.3 is 0 Å². The number of halogens is 2. The third-order valence-corrected chi connectivity index (χ3v) is 5.02. The van der Waals surface area contributed by atoms with Crippen molar-refractivity contribution in [3.8, 4) is 6.07 Å². The SMILES string of the molecule is N#Cc1ccc(N2CCC(C(=O)NCc3cc(Br)ccc3F)CC2)nc1. The second kappa shape index (κ2) is 8.28. The van der Waals surface area contributed by atoms with E-state index in [4.69, 9.17) is 5.26 Å². The van der Waals surface area contributed by atoms with E-state index in [2.05, 4.69) is 37.2 Å². The van der Waals surface area contributed by atoms with Gasteiger partial charge in [0.1, 0.15) is 17.7 Å². The molecule has 1 fully saturated rings. The minimum atomic E-state index is -0.324. The molecule has 0 unspecified atom stereocenters. The molecule has 1 aliphatic rings. The smallest absolute Gasteiger partial charge is 0.223 e. The first-order chi connectivity index (χ1) is 12.6. The minimum absolute atomic E-state index is 0.0446. The first-order valence-corrected chi connectivity index (χ1v) is 9.19. The Kier molecular flexibility index (Phi) is 5.84. The summed E-state index contributed by atoms with van der Waals surface area (Å²) in [7, 11) is 0. The van der Waals surface area contributed by atoms with Gasteiger partial charge in [0.15, 0.2) is 0 Å². The molecule has 134 valence electrons. The molecule has 0 bridgehead atoms. The summed E-state index contributed by atoms with van der Waals surface area (Å²) in [6, 6.07) is 10.3. The highest BCUT2D eigenvalue weighted by Crippen LogP contribution is 2.22. The average Bonchev–Trinajstić information content (AvgIpc) is 2.68. The fourth-order valence-electron chi connectivity index (χ4n) is 3.02. The van der Waals surface area contributed by atoms with Gasteiger partial charge in [-0.25, -0.2) is 9.37 Å². The molecule has 2 aromatic rings. The maximum atomic E-state index is 13.7. The van der Waals surface area contributed by atoms with Gasteiger partial charge in [0.2, 0.25) is 5.91 Å². The maximum Gasteiger partial charge on any atom is 0.223 e. The standard InChI is InChI=1S/C19H18BrFN4O/c20-16-2-3-17(21)15(9-16)12-24-19(26)14-5-7-25(8-6-14)18-4-1-13(10-22)11-23-18/h1-4,9,11,14H,5-8,12H2,(H,24,26). The number of rotatable bonds is 4. The first-order valence-electron chi connectivity index (χ1n) is 8.39. The highest BCUT2D eigenvalue weighted by atomic mass is 79.9. The van der Waals surface area contributed by atoms with Gasteiger partial charge in [0.25, 0.3) is 0 Å². The number of nitrogens with zero attached hydrogens (tertiary/aromatic N) is 3. The molecular formula is C19H18BrFN4O. The summed E-state index contributed by atoms with van der Waals surface area (Å²) in [6.45, 7) is 1.63. The van der Waals surface area contributed by atoms with E-state index in [0.29, 0.717) is 24.0 Å². The lowest BCUT2D eigenvalue weighted by atomic mass is 9.95. The molecule has 0 aliphatic carbocycles. The van der Waals surface area contributed by atoms with Crippen molar-refractivity contribution in [2.45, 2.75) is 19.4 Å². The molecule has 2 heterocycles. The molecule has 1 aromatic carbocycles. The third kappa shape index (κ3) is 4.38. The molecule has 1 saturated heterocycles. The van der Waals surface area contributed by atoms with Gasteiger partial charge in [0.05, 0.1) is 5.56 Å². The van der Waals surface area contributed by atoms with Crippen molar-refractivity contribution >= 4 is 27.7 Å². The number of nitrogens with one attached hydrogen (secondary N) is 1. The number of anilines is 1. The molecular weight excluding hydrogens is 399 g/mol. The van der Waals surface area contributed by atoms with Gasteiger partial charge in [-0.3, -0.25) is 4.79 Å². The van der Waals surface area contributed by atoms with Crippen molar-refractivity contribution in [2.24, 2.45) is 5.92 Å². The van der Waals surface area contributed by atoms with Crippen LogP contribution in [0.25, 0.3) is 0 Å². The largest absolute Gasteiger partial charge is 0.357 e. The summed E-state index contributed by atoms with van der Waals surface area (Å²) in [5, 5.41) is 11.7. The quantitative estimate of drug-likeness (QED) is 0.828. The molecule has 0 atom stereocenters. The molecule has 0 spiro atoms. The Morgan fingerprint density at radius 1 is 1.35 bits per heavy atom. The molecule has 1 N–H and O–H groups in total. The number of nitriles is 1. The highest BCUT2D eigenvalue weighted by molar-refractivity contribution is 9.10. The number of carbonyl (C=O) groups is 1. The monoisotopic (exact) mass is 416 g/mol. The van der Waals surface area contributed by atoms with Crippen molar-refractivity contribution < 1.29 is 9.18 Å². The molecule has 1 aliphatic heterocycles. The number of hydrogen-bond acceptors (Lipinski definition) is 4. The summed E-state index contributed by atoms with van der Waals surface area (Å²) < 4.78 is 14.5. The van der Waals surface area contributed by atoms with E-state index in [0.717, 1.165) is 23.4 Å². The van der Waals surface area contributed by atoms with Crippen molar-refractivity contribution in [3.05, 3.63) is 57.9 Å². The zero-order valence-corrected chi connectivity index (χ0v) is 15.7. The number of hydrogen-bond donors (Lipinski definition) is 1. The summed E-state index contributed by atoms with van der Waals surface area (Å²) in [5.41, 5.74) is 0.995. The van der Waals surface area contributed by atoms with Crippen LogP contribution in [0.1, 0.15) is 24.0 Å². The van der Waals surface area contributed by atoms with Crippen LogP contribution < -0.4 is 10.2 Å². The van der Waals surface area contributed by atoms with Gasteiger partial charge in [-0.2, -0.15) is 5.26 Å². The molecule has 0 radical (unpaired) electrons. The van der Waals surface area contributed by atoms with Crippen molar-refractivity contribution in [3.63, 3.8) is 0 Å². The molecule has 3 rings (SSSR count). The molecule has 5 nitrogen and oxygen atoms in total. The van der Waals surface area contributed by atoms with Crippen molar-refractivity contribution in [1.82, 2.24) is 10.3 Å². The minimum Gasteiger partial charge on any atom is -0.357 e. The fourth-order valence-corrected chi connectivity index (χ4v) is 3.42. The van der Waals surface area contributed by atoms with Gasteiger partial charge < -0.3 is 10.2 Å². The number of benzene rings is 1. The maximum absolute atomic E-state index is 13.7. The Morgan fingerprint density at radius 3 is 2.77 bits per heavy atom. The van der Waals surface area contributed by atoms with E-state index >= 15 is 0 Å². The summed E-state index contributed by atoms with van der Waals surface area (Å²) in [6.07, 6.45) is 2.99. The Hall–Kier alpha value is -2.46. The number of aromatic nitrogens is 1. The fraction of sp³-hybridized carbons (Fsp3) is 0.316. The van der Waals surface area contributed by atoms with Crippen LogP contribution >= 0.6 is 15.9 Å². The van der Waals surface area contributed by atoms with E-state index in [9.17, 15) is 9.18 Å². The van der Waals surface area contributed by atoms with Crippen LogP contribution in [-0.4, -0.2) is 24.0 Å². The number of carbonyl (C=O) groups excluding carboxylic acids is 1. The highest BCUT2D eigenvalue weighted by Gasteiger charge is 2.25. The van der Waals surface area contributed by atoms with Crippen LogP contribution in [0.5, 0.6) is 0 Å². The predicted octanol–water partition coefficient (Wildman–Crippen LogP) is 3.39. The van der Waals surface area contributed by atoms with E-state index in [1.165, 1.54) is 6.07 Å². The number of pyridine rings is 1. The van der Waals surface area contributed by atoms with E-state index in [-0.39, 0.29) is 24.2 Å². The topological polar surface area (TPSA) is 69.0 Å².